The highest BCUT2D eigenvalue weighted by Gasteiger charge is 2.72. The van der Waals surface area contributed by atoms with Crippen molar-refractivity contribution in [2.45, 2.75) is 75.1 Å². The van der Waals surface area contributed by atoms with Crippen molar-refractivity contribution in [1.29, 1.82) is 0 Å². The van der Waals surface area contributed by atoms with E-state index in [4.69, 9.17) is 18.9 Å². The van der Waals surface area contributed by atoms with E-state index in [1.54, 1.807) is 36.4 Å². The molecule has 0 amide bonds. The molecule has 6 atom stereocenters. The van der Waals surface area contributed by atoms with E-state index in [1.807, 2.05) is 19.2 Å². The third kappa shape index (κ3) is 4.07. The van der Waals surface area contributed by atoms with Crippen LogP contribution in [0.3, 0.4) is 0 Å². The highest BCUT2D eigenvalue weighted by atomic mass is 16.6. The zero-order chi connectivity index (χ0) is 29.1. The zero-order valence-corrected chi connectivity index (χ0v) is 23.2. The summed E-state index contributed by atoms with van der Waals surface area (Å²) in [6, 6.07) is 12.1. The van der Waals surface area contributed by atoms with Crippen molar-refractivity contribution in [2.75, 3.05) is 13.6 Å². The Bertz CT molecular complexity index is 1440. The molecule has 6 rings (SSSR count). The van der Waals surface area contributed by atoms with Crippen molar-refractivity contribution in [3.8, 4) is 5.75 Å². The number of hydrogen-bond donors (Lipinski definition) is 2. The fraction of sp³-hybridized carbons (Fsp3) is 0.452. The van der Waals surface area contributed by atoms with E-state index < -0.39 is 47.2 Å². The van der Waals surface area contributed by atoms with Gasteiger partial charge in [-0.2, -0.15) is 0 Å². The number of rotatable bonds is 7. The average Bonchev–Trinajstić information content (AvgIpc) is 3.31. The minimum atomic E-state index is -1.44. The van der Waals surface area contributed by atoms with Gasteiger partial charge in [-0.25, -0.2) is 9.59 Å². The van der Waals surface area contributed by atoms with E-state index >= 15 is 0 Å². The van der Waals surface area contributed by atoms with Crippen LogP contribution in [0.5, 0.6) is 5.75 Å². The predicted octanol–water partition coefficient (Wildman–Crippen LogP) is 2.24. The van der Waals surface area contributed by atoms with Gasteiger partial charge >= 0.3 is 17.9 Å². The topological polar surface area (TPSA) is 132 Å². The molecule has 1 spiro atoms. The average molecular weight is 564 g/mol. The van der Waals surface area contributed by atoms with Gasteiger partial charge in [0.05, 0.1) is 17.6 Å². The number of likely N-dealkylation sites (tertiary alicyclic amines) is 1. The Morgan fingerprint density at radius 3 is 2.59 bits per heavy atom. The molecule has 1 fully saturated rings. The highest BCUT2D eigenvalue weighted by molar-refractivity contribution is 5.84. The maximum absolute atomic E-state index is 13.7. The summed E-state index contributed by atoms with van der Waals surface area (Å²) >= 11 is 0. The second-order valence-corrected chi connectivity index (χ2v) is 11.3. The van der Waals surface area contributed by atoms with Crippen LogP contribution in [0.4, 0.5) is 0 Å². The molecule has 1 saturated heterocycles. The molecule has 2 aromatic rings. The van der Waals surface area contributed by atoms with Gasteiger partial charge < -0.3 is 34.1 Å². The molecule has 0 aromatic heterocycles. The van der Waals surface area contributed by atoms with Gasteiger partial charge in [0.15, 0.2) is 12.2 Å². The van der Waals surface area contributed by atoms with Gasteiger partial charge in [-0.3, -0.25) is 4.79 Å². The van der Waals surface area contributed by atoms with Crippen molar-refractivity contribution in [3.05, 3.63) is 76.6 Å². The number of ether oxygens (including phenoxy) is 4. The molecule has 2 aromatic carbocycles. The standard InChI is InChI=1S/C31H33NO9/c1-17(38-18(2)34)28(35)41-26(19-7-5-4-6-8-19)29(36)39-22-11-12-31(37)23-15-20-9-10-21(16-33)25-24(20)30(31,27(22)40-25)13-14-32(23)3/h4-11,17,23,26-27,33,37H,12-16H2,1-3H3/t17-,23+,26-,27?,30?,31+/m0/s1. The SMILES string of the molecule is CC(=O)O[C@@H](C)C(=O)O[C@H](C(=O)OC1=CC[C@@]2(O)[C@H]3Cc4ccc(CO)c5c4C2(CCN3C)C1O5)c1ccccc1. The molecule has 10 nitrogen and oxygen atoms in total. The summed E-state index contributed by atoms with van der Waals surface area (Å²) in [5, 5.41) is 22.5. The third-order valence-corrected chi connectivity index (χ3v) is 9.07. The van der Waals surface area contributed by atoms with E-state index in [0.29, 0.717) is 36.3 Å². The van der Waals surface area contributed by atoms with Gasteiger partial charge in [-0.1, -0.05) is 42.5 Å². The van der Waals surface area contributed by atoms with Crippen LogP contribution in [0.25, 0.3) is 0 Å². The van der Waals surface area contributed by atoms with E-state index in [-0.39, 0.29) is 24.8 Å². The van der Waals surface area contributed by atoms with Crippen molar-refractivity contribution in [1.82, 2.24) is 4.90 Å². The number of aliphatic hydroxyl groups is 2. The minimum absolute atomic E-state index is 0.171. The molecule has 2 N–H and O–H groups in total. The maximum Gasteiger partial charge on any atom is 0.357 e. The number of likely N-dealkylation sites (N-methyl/N-ethyl adjacent to an activating group) is 1. The van der Waals surface area contributed by atoms with Crippen LogP contribution >= 0.6 is 0 Å². The lowest BCUT2D eigenvalue weighted by molar-refractivity contribution is -0.181. The number of aliphatic hydroxyl groups excluding tert-OH is 1. The molecule has 2 heterocycles. The largest absolute Gasteiger partial charge is 0.481 e. The van der Waals surface area contributed by atoms with Crippen LogP contribution in [0.1, 0.15) is 55.0 Å². The first kappa shape index (κ1) is 27.4. The molecule has 4 aliphatic rings. The smallest absolute Gasteiger partial charge is 0.357 e. The van der Waals surface area contributed by atoms with Crippen LogP contribution < -0.4 is 4.74 Å². The van der Waals surface area contributed by atoms with Crippen molar-refractivity contribution in [2.24, 2.45) is 0 Å². The molecule has 2 bridgehead atoms. The highest BCUT2D eigenvalue weighted by Crippen LogP contribution is 2.64. The Labute approximate surface area is 237 Å². The van der Waals surface area contributed by atoms with E-state index in [9.17, 15) is 24.6 Å². The minimum Gasteiger partial charge on any atom is -0.481 e. The third-order valence-electron chi connectivity index (χ3n) is 9.07. The molecule has 2 aliphatic carbocycles. The second-order valence-electron chi connectivity index (χ2n) is 11.3. The molecule has 0 radical (unpaired) electrons. The Kier molecular flexibility index (Phi) is 6.67. The summed E-state index contributed by atoms with van der Waals surface area (Å²) < 4.78 is 23.0. The number of piperidine rings is 1. The summed E-state index contributed by atoms with van der Waals surface area (Å²) in [6.07, 6.45) is -0.383. The number of esters is 3. The Morgan fingerprint density at radius 1 is 1.12 bits per heavy atom. The van der Waals surface area contributed by atoms with Gasteiger partial charge in [0.2, 0.25) is 6.10 Å². The van der Waals surface area contributed by atoms with Crippen LogP contribution in [-0.2, 0) is 47.0 Å². The molecule has 2 aliphatic heterocycles. The fourth-order valence-corrected chi connectivity index (χ4v) is 7.19. The summed E-state index contributed by atoms with van der Waals surface area (Å²) in [5.41, 5.74) is 0.842. The first-order chi connectivity index (χ1) is 19.6. The number of carbonyl (C=O) groups excluding carboxylic acids is 3. The van der Waals surface area contributed by atoms with Gasteiger partial charge in [0.1, 0.15) is 11.5 Å². The molecule has 0 saturated carbocycles. The summed E-state index contributed by atoms with van der Waals surface area (Å²) in [5.74, 6) is -1.66. The van der Waals surface area contributed by atoms with Crippen molar-refractivity contribution >= 4 is 17.9 Å². The fourth-order valence-electron chi connectivity index (χ4n) is 7.19. The lowest BCUT2D eigenvalue weighted by atomic mass is 9.50. The Morgan fingerprint density at radius 2 is 1.88 bits per heavy atom. The van der Waals surface area contributed by atoms with Gasteiger partial charge in [-0.15, -0.1) is 0 Å². The van der Waals surface area contributed by atoms with Gasteiger partial charge in [0, 0.05) is 36.1 Å². The summed E-state index contributed by atoms with van der Waals surface area (Å²) in [4.78, 5) is 40.0. The number of hydrogen-bond acceptors (Lipinski definition) is 10. The zero-order valence-electron chi connectivity index (χ0n) is 23.2. The van der Waals surface area contributed by atoms with Crippen molar-refractivity contribution in [3.63, 3.8) is 0 Å². The Hall–Kier alpha value is -3.73. The summed E-state index contributed by atoms with van der Waals surface area (Å²) in [6.45, 7) is 3.00. The lowest BCUT2D eigenvalue weighted by Crippen LogP contribution is -2.74. The molecule has 216 valence electrons. The van der Waals surface area contributed by atoms with Crippen LogP contribution in [0, 0.1) is 0 Å². The van der Waals surface area contributed by atoms with E-state index in [2.05, 4.69) is 4.90 Å². The first-order valence-corrected chi connectivity index (χ1v) is 13.8. The molecular weight excluding hydrogens is 530 g/mol. The first-order valence-electron chi connectivity index (χ1n) is 13.8. The molecule has 10 heteroatoms. The second kappa shape index (κ2) is 9.97. The van der Waals surface area contributed by atoms with Crippen molar-refractivity contribution < 1.29 is 43.5 Å². The normalized spacial score (nSPS) is 28.9. The van der Waals surface area contributed by atoms with E-state index in [0.717, 1.165) is 11.1 Å². The van der Waals surface area contributed by atoms with Crippen LogP contribution in [0.15, 0.2) is 54.3 Å². The number of carbonyl (C=O) groups is 3. The predicted molar refractivity (Wildman–Crippen MR) is 143 cm³/mol. The van der Waals surface area contributed by atoms with E-state index in [1.165, 1.54) is 13.8 Å². The quantitative estimate of drug-likeness (QED) is 0.382. The Balaban J connectivity index is 1.36. The van der Waals surface area contributed by atoms with Crippen LogP contribution in [0.2, 0.25) is 0 Å². The monoisotopic (exact) mass is 563 g/mol. The number of benzene rings is 2. The molecular formula is C31H33NO9. The molecule has 2 unspecified atom stereocenters. The summed E-state index contributed by atoms with van der Waals surface area (Å²) in [7, 11) is 2.00. The maximum atomic E-state index is 13.7. The molecule has 41 heavy (non-hydrogen) atoms. The van der Waals surface area contributed by atoms with Crippen LogP contribution in [-0.4, -0.2) is 70.5 Å². The van der Waals surface area contributed by atoms with Gasteiger partial charge in [-0.05, 0) is 45.0 Å². The van der Waals surface area contributed by atoms with Gasteiger partial charge in [0.25, 0.3) is 0 Å². The lowest BCUT2D eigenvalue weighted by Gasteiger charge is -2.61. The number of nitrogens with zero attached hydrogens (tertiary/aromatic N) is 1.